The average molecular weight is 337 g/mol. The molecule has 3 aromatic carbocycles. The van der Waals surface area contributed by atoms with Gasteiger partial charge in [-0.1, -0.05) is 29.3 Å². The van der Waals surface area contributed by atoms with Gasteiger partial charge in [0, 0.05) is 0 Å². The Kier molecular flexibility index (Phi) is 7.83. The van der Waals surface area contributed by atoms with Crippen molar-refractivity contribution >= 4 is 0 Å². The van der Waals surface area contributed by atoms with E-state index in [1.807, 2.05) is 74.8 Å². The summed E-state index contributed by atoms with van der Waals surface area (Å²) in [6.07, 6.45) is 0. The summed E-state index contributed by atoms with van der Waals surface area (Å²) in [7, 11) is 4.05. The second kappa shape index (κ2) is 9.37. The first-order valence-electron chi connectivity index (χ1n) is 6.99. The predicted octanol–water partition coefficient (Wildman–Crippen LogP) is 4.68. The van der Waals surface area contributed by atoms with E-state index < -0.39 is 0 Å². The third-order valence-electron chi connectivity index (χ3n) is 3.06. The second-order valence-corrected chi connectivity index (χ2v) is 5.19. The fraction of sp³-hybridized carbons (Fsp3) is 0.158. The first kappa shape index (κ1) is 18.4. The first-order chi connectivity index (χ1) is 10.2. The number of rotatable bonds is 3. The number of hydrogen-bond acceptors (Lipinski definition) is 1. The van der Waals surface area contributed by atoms with E-state index in [2.05, 4.69) is 4.90 Å². The Morgan fingerprint density at radius 2 is 1.73 bits per heavy atom. The fourth-order valence-electron chi connectivity index (χ4n) is 2.14. The Morgan fingerprint density at radius 1 is 1.05 bits per heavy atom. The van der Waals surface area contributed by atoms with E-state index in [0.29, 0.717) is 5.56 Å². The fourth-order valence-corrected chi connectivity index (χ4v) is 2.14. The van der Waals surface area contributed by atoms with Crippen molar-refractivity contribution in [3.63, 3.8) is 0 Å². The Balaban J connectivity index is 0.000000344. The molecule has 0 unspecified atom stereocenters. The molecule has 0 fully saturated rings. The summed E-state index contributed by atoms with van der Waals surface area (Å²) in [6.45, 7) is 0.883. The Labute approximate surface area is 142 Å². The molecular weight excluding hydrogens is 317 g/mol. The van der Waals surface area contributed by atoms with Gasteiger partial charge in [-0.2, -0.15) is 18.2 Å². The van der Waals surface area contributed by atoms with Crippen molar-refractivity contribution in [1.29, 1.82) is 0 Å². The molecule has 0 bridgehead atoms. The third kappa shape index (κ3) is 5.61. The zero-order chi connectivity index (χ0) is 15.1. The standard InChI is InChI=1S/C14H15FN.C5H5.Fe/c1-16(2)10-11-7-8-12(9-11)13-5-3-4-6-14(13)15;1-2-4-5-3-1;/h3-9H,10H2,1-2H3;1-5H;/q2*-1;+2. The van der Waals surface area contributed by atoms with Gasteiger partial charge < -0.3 is 4.90 Å². The number of hydrogen-bond donors (Lipinski definition) is 0. The molecule has 0 aliphatic rings. The molecule has 116 valence electrons. The van der Waals surface area contributed by atoms with Crippen LogP contribution in [-0.2, 0) is 23.6 Å². The maximum atomic E-state index is 13.5. The molecular formula is C19H20FFeN. The predicted molar refractivity (Wildman–Crippen MR) is 86.9 cm³/mol. The van der Waals surface area contributed by atoms with E-state index in [0.717, 1.165) is 12.1 Å². The minimum atomic E-state index is -0.162. The normalized spacial score (nSPS) is 9.82. The minimum Gasteiger partial charge on any atom is -0.313 e. The number of benzene rings is 1. The van der Waals surface area contributed by atoms with Crippen LogP contribution in [0.15, 0.2) is 72.8 Å². The minimum absolute atomic E-state index is 0. The van der Waals surface area contributed by atoms with Crippen molar-refractivity contribution in [2.24, 2.45) is 0 Å². The van der Waals surface area contributed by atoms with Gasteiger partial charge in [-0.05, 0) is 20.6 Å². The van der Waals surface area contributed by atoms with E-state index in [-0.39, 0.29) is 22.9 Å². The Hall–Kier alpha value is -1.67. The van der Waals surface area contributed by atoms with Crippen LogP contribution in [0.3, 0.4) is 0 Å². The third-order valence-corrected chi connectivity index (χ3v) is 3.06. The molecule has 0 saturated carbocycles. The van der Waals surface area contributed by atoms with Gasteiger partial charge in [0.15, 0.2) is 0 Å². The summed E-state index contributed by atoms with van der Waals surface area (Å²) in [5.41, 5.74) is 2.84. The van der Waals surface area contributed by atoms with Crippen LogP contribution >= 0.6 is 0 Å². The quantitative estimate of drug-likeness (QED) is 0.496. The Bertz CT molecular complexity index is 624. The van der Waals surface area contributed by atoms with Crippen molar-refractivity contribution in [1.82, 2.24) is 4.90 Å². The largest absolute Gasteiger partial charge is 2.00 e. The van der Waals surface area contributed by atoms with Gasteiger partial charge in [0.05, 0.1) is 5.82 Å². The molecule has 3 heteroatoms. The first-order valence-corrected chi connectivity index (χ1v) is 6.99. The zero-order valence-electron chi connectivity index (χ0n) is 12.8. The average Bonchev–Trinajstić information content (AvgIpc) is 3.12. The van der Waals surface area contributed by atoms with Crippen LogP contribution in [0.25, 0.3) is 11.1 Å². The van der Waals surface area contributed by atoms with Crippen molar-refractivity contribution in [2.75, 3.05) is 14.1 Å². The van der Waals surface area contributed by atoms with Gasteiger partial charge in [-0.3, -0.25) is 4.39 Å². The molecule has 3 aromatic rings. The molecule has 0 aliphatic heterocycles. The van der Waals surface area contributed by atoms with Crippen LogP contribution in [0.5, 0.6) is 0 Å². The van der Waals surface area contributed by atoms with E-state index in [1.165, 1.54) is 11.6 Å². The zero-order valence-corrected chi connectivity index (χ0v) is 13.9. The molecule has 3 rings (SSSR count). The summed E-state index contributed by atoms with van der Waals surface area (Å²) in [4.78, 5) is 2.10. The van der Waals surface area contributed by atoms with E-state index in [1.54, 1.807) is 6.07 Å². The molecule has 0 radical (unpaired) electrons. The van der Waals surface area contributed by atoms with Crippen LogP contribution in [0.2, 0.25) is 0 Å². The maximum Gasteiger partial charge on any atom is 2.00 e. The van der Waals surface area contributed by atoms with Crippen molar-refractivity contribution in [3.05, 3.63) is 84.2 Å². The molecule has 0 aromatic heterocycles. The monoisotopic (exact) mass is 337 g/mol. The number of halogens is 1. The molecule has 0 amide bonds. The molecule has 1 nitrogen and oxygen atoms in total. The van der Waals surface area contributed by atoms with E-state index in [4.69, 9.17) is 0 Å². The van der Waals surface area contributed by atoms with Gasteiger partial charge in [0.2, 0.25) is 0 Å². The molecule has 0 atom stereocenters. The van der Waals surface area contributed by atoms with Gasteiger partial charge >= 0.3 is 17.1 Å². The topological polar surface area (TPSA) is 3.24 Å². The van der Waals surface area contributed by atoms with Gasteiger partial charge in [-0.15, -0.1) is 29.8 Å². The van der Waals surface area contributed by atoms with Crippen molar-refractivity contribution in [2.45, 2.75) is 6.54 Å². The van der Waals surface area contributed by atoms with Crippen LogP contribution in [-0.4, -0.2) is 19.0 Å². The van der Waals surface area contributed by atoms with Crippen molar-refractivity contribution in [3.8, 4) is 11.1 Å². The van der Waals surface area contributed by atoms with Crippen LogP contribution in [0.1, 0.15) is 5.56 Å². The van der Waals surface area contributed by atoms with Crippen LogP contribution in [0, 0.1) is 5.82 Å². The molecule has 0 aliphatic carbocycles. The van der Waals surface area contributed by atoms with Gasteiger partial charge in [0.25, 0.3) is 0 Å². The summed E-state index contributed by atoms with van der Waals surface area (Å²) in [5, 5.41) is 0. The summed E-state index contributed by atoms with van der Waals surface area (Å²) in [5.74, 6) is -0.162. The number of nitrogens with zero attached hydrogens (tertiary/aromatic N) is 1. The molecule has 0 spiro atoms. The van der Waals surface area contributed by atoms with Gasteiger partial charge in [0.1, 0.15) is 0 Å². The van der Waals surface area contributed by atoms with Gasteiger partial charge in [-0.25, -0.2) is 12.1 Å². The molecule has 22 heavy (non-hydrogen) atoms. The molecule has 0 N–H and O–H groups in total. The summed E-state index contributed by atoms with van der Waals surface area (Å²) >= 11 is 0. The summed E-state index contributed by atoms with van der Waals surface area (Å²) < 4.78 is 13.5. The smallest absolute Gasteiger partial charge is 0.313 e. The van der Waals surface area contributed by atoms with E-state index >= 15 is 0 Å². The SMILES string of the molecule is CN(C)Cc1cc[c-](-c2ccccc2F)c1.[Fe+2].c1cc[cH-]c1. The second-order valence-electron chi connectivity index (χ2n) is 5.19. The molecule has 0 heterocycles. The Morgan fingerprint density at radius 3 is 2.27 bits per heavy atom. The summed E-state index contributed by atoms with van der Waals surface area (Å²) in [6, 6.07) is 22.9. The van der Waals surface area contributed by atoms with Crippen LogP contribution < -0.4 is 0 Å². The maximum absolute atomic E-state index is 13.5. The van der Waals surface area contributed by atoms with Crippen molar-refractivity contribution < 1.29 is 21.5 Å². The molecule has 0 saturated heterocycles. The van der Waals surface area contributed by atoms with Crippen LogP contribution in [0.4, 0.5) is 4.39 Å². The van der Waals surface area contributed by atoms with E-state index in [9.17, 15) is 4.39 Å².